The third-order valence-electron chi connectivity index (χ3n) is 8.45. The summed E-state index contributed by atoms with van der Waals surface area (Å²) in [7, 11) is 2.93. The van der Waals surface area contributed by atoms with E-state index in [1.54, 1.807) is 18.2 Å². The Morgan fingerprint density at radius 2 is 1.73 bits per heavy atom. The Morgan fingerprint density at radius 3 is 2.35 bits per heavy atom. The molecule has 3 fully saturated rings. The number of piperidine rings is 3. The number of fused-ring (bicyclic) bond motifs is 3. The molecule has 48 heavy (non-hydrogen) atoms. The monoisotopic (exact) mass is 704 g/mol. The van der Waals surface area contributed by atoms with Crippen LogP contribution in [0.15, 0.2) is 54.9 Å². The molecule has 0 radical (unpaired) electrons. The van der Waals surface area contributed by atoms with Crippen LogP contribution in [0.2, 0.25) is 10.0 Å². The van der Waals surface area contributed by atoms with Crippen molar-refractivity contribution in [1.29, 1.82) is 0 Å². The highest BCUT2D eigenvalue weighted by molar-refractivity contribution is 6.35. The highest BCUT2D eigenvalue weighted by atomic mass is 35.5. The van der Waals surface area contributed by atoms with E-state index in [1.165, 1.54) is 32.4 Å². The zero-order valence-corrected chi connectivity index (χ0v) is 27.8. The number of esters is 2. The number of benzene rings is 2. The van der Waals surface area contributed by atoms with Gasteiger partial charge in [0.05, 0.1) is 14.2 Å². The van der Waals surface area contributed by atoms with Gasteiger partial charge >= 0.3 is 18.0 Å². The Hall–Kier alpha value is -4.33. The van der Waals surface area contributed by atoms with E-state index < -0.39 is 42.5 Å². The van der Waals surface area contributed by atoms with Gasteiger partial charge in [0.2, 0.25) is 0 Å². The minimum absolute atomic E-state index is 0.0288. The minimum Gasteiger partial charge on any atom is -0.619 e. The molecule has 3 atom stereocenters. The molecule has 12 nitrogen and oxygen atoms in total. The zero-order valence-electron chi connectivity index (χ0n) is 26.2. The van der Waals surface area contributed by atoms with E-state index in [0.717, 1.165) is 44.4 Å². The molecule has 15 heteroatoms. The number of hydrogen-bond donors (Lipinski definition) is 2. The Bertz CT molecular complexity index is 1630. The summed E-state index contributed by atoms with van der Waals surface area (Å²) < 4.78 is 36.9. The number of carbonyl (C=O) groups excluding carboxylic acids is 3. The van der Waals surface area contributed by atoms with Gasteiger partial charge in [0.1, 0.15) is 34.6 Å². The van der Waals surface area contributed by atoms with Crippen LogP contribution < -0.4 is 24.8 Å². The molecule has 0 aliphatic carbocycles. The van der Waals surface area contributed by atoms with E-state index in [2.05, 4.69) is 15.5 Å². The lowest BCUT2D eigenvalue weighted by Crippen LogP contribution is -2.53. The molecule has 256 valence electrons. The summed E-state index contributed by atoms with van der Waals surface area (Å²) in [4.78, 5) is 41.7. The van der Waals surface area contributed by atoms with Gasteiger partial charge in [0.15, 0.2) is 29.9 Å². The van der Waals surface area contributed by atoms with E-state index in [4.69, 9.17) is 42.1 Å². The molecule has 3 saturated heterocycles. The molecule has 2 amide bonds. The number of nitrogens with zero attached hydrogens (tertiary/aromatic N) is 2. The van der Waals surface area contributed by atoms with Crippen molar-refractivity contribution in [3.8, 4) is 11.5 Å². The summed E-state index contributed by atoms with van der Waals surface area (Å²) in [5, 5.41) is 16.8. The number of ether oxygens (including phenoxy) is 4. The molecule has 3 aromatic rings. The largest absolute Gasteiger partial charge is 0.619 e. The normalized spacial score (nSPS) is 19.5. The van der Waals surface area contributed by atoms with E-state index in [-0.39, 0.29) is 34.1 Å². The molecule has 2 N–H and O–H groups in total. The summed E-state index contributed by atoms with van der Waals surface area (Å²) in [5.74, 6) is -1.15. The van der Waals surface area contributed by atoms with Crippen LogP contribution in [-0.2, 0) is 25.5 Å². The highest BCUT2D eigenvalue weighted by Gasteiger charge is 2.38. The highest BCUT2D eigenvalue weighted by Crippen LogP contribution is 2.35. The van der Waals surface area contributed by atoms with Crippen LogP contribution in [0.1, 0.15) is 41.7 Å². The van der Waals surface area contributed by atoms with Crippen molar-refractivity contribution in [2.24, 2.45) is 5.92 Å². The second kappa shape index (κ2) is 15.7. The van der Waals surface area contributed by atoms with Gasteiger partial charge in [-0.3, -0.25) is 9.69 Å². The average Bonchev–Trinajstić information content (AvgIpc) is 3.07. The van der Waals surface area contributed by atoms with Crippen LogP contribution in [0.25, 0.3) is 0 Å². The molecule has 0 saturated carbocycles. The van der Waals surface area contributed by atoms with E-state index in [1.807, 2.05) is 0 Å². The number of pyridine rings is 1. The maximum Gasteiger partial charge on any atom is 0.333 e. The lowest BCUT2D eigenvalue weighted by atomic mass is 9.86. The van der Waals surface area contributed by atoms with E-state index in [9.17, 15) is 24.0 Å². The predicted octanol–water partition coefficient (Wildman–Crippen LogP) is 4.29. The first-order valence-electron chi connectivity index (χ1n) is 15.2. The second-order valence-corrected chi connectivity index (χ2v) is 12.3. The third-order valence-corrected chi connectivity index (χ3v) is 9.10. The summed E-state index contributed by atoms with van der Waals surface area (Å²) in [6.07, 6.45) is 2.70. The van der Waals surface area contributed by atoms with Crippen molar-refractivity contribution >= 4 is 41.2 Å². The first-order valence-corrected chi connectivity index (χ1v) is 16.0. The van der Waals surface area contributed by atoms with Crippen LogP contribution in [0.4, 0.5) is 9.18 Å². The number of hydrogen-bond acceptors (Lipinski definition) is 9. The molecule has 1 aromatic heterocycles. The Labute approximate surface area is 286 Å². The average molecular weight is 706 g/mol. The quantitative estimate of drug-likeness (QED) is 0.160. The molecule has 6 rings (SSSR count). The fourth-order valence-electron chi connectivity index (χ4n) is 5.95. The summed E-state index contributed by atoms with van der Waals surface area (Å²) >= 11 is 12.6. The number of aromatic nitrogens is 1. The van der Waals surface area contributed by atoms with Gasteiger partial charge in [-0.2, -0.15) is 4.73 Å². The van der Waals surface area contributed by atoms with E-state index in [0.29, 0.717) is 33.9 Å². The zero-order chi connectivity index (χ0) is 34.4. The van der Waals surface area contributed by atoms with Crippen LogP contribution in [0.3, 0.4) is 0 Å². The number of carbonyl (C=O) groups is 3. The number of rotatable bonds is 12. The van der Waals surface area contributed by atoms with Gasteiger partial charge in [-0.15, -0.1) is 0 Å². The molecule has 3 aliphatic heterocycles. The molecule has 4 heterocycles. The lowest BCUT2D eigenvalue weighted by molar-refractivity contribution is -0.605. The van der Waals surface area contributed by atoms with Crippen LogP contribution in [0.5, 0.6) is 11.5 Å². The van der Waals surface area contributed by atoms with Crippen LogP contribution in [0, 0.1) is 16.9 Å². The Kier molecular flexibility index (Phi) is 11.5. The van der Waals surface area contributed by atoms with Crippen molar-refractivity contribution in [3.05, 3.63) is 92.6 Å². The fourth-order valence-corrected chi connectivity index (χ4v) is 6.55. The molecule has 2 bridgehead atoms. The minimum atomic E-state index is -1.34. The van der Waals surface area contributed by atoms with E-state index >= 15 is 0 Å². The molecule has 0 spiro atoms. The van der Waals surface area contributed by atoms with Crippen molar-refractivity contribution in [1.82, 2.24) is 15.5 Å². The number of urea groups is 1. The summed E-state index contributed by atoms with van der Waals surface area (Å²) in [6.45, 7) is 1.89. The fraction of sp³-hybridized carbons (Fsp3) is 0.394. The SMILES string of the molecule is COc1ccc(C(Cc2c(Cl)c[n+]([O-])cc2Cl)OC(=O)CNC(=O)NC(C(=O)O[C@H]2CN3CCC2CC3)c2cccc(F)c2)cc1OC. The van der Waals surface area contributed by atoms with Crippen molar-refractivity contribution in [2.75, 3.05) is 40.4 Å². The van der Waals surface area contributed by atoms with Gasteiger partial charge in [-0.1, -0.05) is 41.4 Å². The van der Waals surface area contributed by atoms with Gasteiger partial charge in [-0.25, -0.2) is 14.0 Å². The Morgan fingerprint density at radius 1 is 1.02 bits per heavy atom. The first kappa shape index (κ1) is 35.0. The number of methoxy groups -OCH3 is 2. The molecule has 2 aromatic carbocycles. The van der Waals surface area contributed by atoms with Gasteiger partial charge in [0, 0.05) is 18.5 Å². The number of nitrogens with one attached hydrogen (secondary N) is 2. The summed E-state index contributed by atoms with van der Waals surface area (Å²) in [5.41, 5.74) is 1.02. The van der Waals surface area contributed by atoms with Crippen molar-refractivity contribution in [3.63, 3.8) is 0 Å². The molecular weight excluding hydrogens is 670 g/mol. The maximum atomic E-state index is 14.1. The standard InChI is InChI=1S/C33H35Cl2FN4O8/c1-45-26-7-6-20(13-28(26)46-2)27(14-23-24(34)16-40(44)17-25(23)35)47-30(41)15-37-33(43)38-31(21-4-3-5-22(36)12-21)32(42)48-29-18-39-10-8-19(29)9-11-39/h3-7,12-13,16-17,19,27,29,31H,8-11,14-15,18H2,1-2H3,(H2,37,38,43)/t27?,29-,31?/m0/s1. The second-order valence-electron chi connectivity index (χ2n) is 11.5. The number of amides is 2. The van der Waals surface area contributed by atoms with Crippen molar-refractivity contribution < 1.29 is 42.5 Å². The lowest BCUT2D eigenvalue weighted by Gasteiger charge is -2.44. The topological polar surface area (TPSA) is 142 Å². The van der Waals surface area contributed by atoms with Gasteiger partial charge in [-0.05, 0) is 67.2 Å². The molecule has 3 aliphatic rings. The predicted molar refractivity (Wildman–Crippen MR) is 172 cm³/mol. The van der Waals surface area contributed by atoms with Crippen molar-refractivity contribution in [2.45, 2.75) is 37.5 Å². The first-order chi connectivity index (χ1) is 23.0. The molecule has 2 unspecified atom stereocenters. The summed E-state index contributed by atoms with van der Waals surface area (Å²) in [6, 6.07) is 7.96. The van der Waals surface area contributed by atoms with Gasteiger partial charge in [0.25, 0.3) is 0 Å². The maximum absolute atomic E-state index is 14.1. The Balaban J connectivity index is 1.28. The van der Waals surface area contributed by atoms with Crippen LogP contribution >= 0.6 is 23.2 Å². The number of halogens is 3. The van der Waals surface area contributed by atoms with Crippen LogP contribution in [-0.4, -0.2) is 69.4 Å². The smallest absolute Gasteiger partial charge is 0.333 e. The van der Waals surface area contributed by atoms with Gasteiger partial charge < -0.3 is 34.8 Å². The third kappa shape index (κ3) is 8.57. The molecular formula is C33H35Cl2FN4O8.